The molecule has 1 aromatic carbocycles. The summed E-state index contributed by atoms with van der Waals surface area (Å²) in [7, 11) is -3.61. The van der Waals surface area contributed by atoms with Crippen LogP contribution in [0.5, 0.6) is 0 Å². The second-order valence-electron chi connectivity index (χ2n) is 5.78. The van der Waals surface area contributed by atoms with Gasteiger partial charge in [-0.3, -0.25) is 0 Å². The van der Waals surface area contributed by atoms with Gasteiger partial charge in [0, 0.05) is 19.1 Å². The Kier molecular flexibility index (Phi) is 7.66. The van der Waals surface area contributed by atoms with Crippen molar-refractivity contribution in [3.63, 3.8) is 0 Å². The number of ether oxygens (including phenoxy) is 1. The number of nitrogens with zero attached hydrogens (tertiary/aromatic N) is 1. The summed E-state index contributed by atoms with van der Waals surface area (Å²) in [5, 5.41) is 0. The Bertz CT molecular complexity index is 649. The third-order valence-corrected chi connectivity index (χ3v) is 6.22. The first-order valence-corrected chi connectivity index (χ1v) is 9.35. The normalized spacial score (nSPS) is 21.8. The maximum atomic E-state index is 12.9. The number of halogens is 1. The van der Waals surface area contributed by atoms with Gasteiger partial charge in [0.25, 0.3) is 0 Å². The summed E-state index contributed by atoms with van der Waals surface area (Å²) in [5.41, 5.74) is 6.13. The van der Waals surface area contributed by atoms with Crippen LogP contribution in [0.25, 0.3) is 0 Å². The molecule has 0 saturated carbocycles. The summed E-state index contributed by atoms with van der Waals surface area (Å²) in [6, 6.07) is 5.69. The van der Waals surface area contributed by atoms with Gasteiger partial charge in [0.1, 0.15) is 0 Å². The van der Waals surface area contributed by atoms with Gasteiger partial charge in [0.15, 0.2) is 0 Å². The Morgan fingerprint density at radius 2 is 1.96 bits per heavy atom. The van der Waals surface area contributed by atoms with Crippen LogP contribution in [0, 0.1) is 5.92 Å². The van der Waals surface area contributed by atoms with Crippen LogP contribution < -0.4 is 5.73 Å². The lowest BCUT2D eigenvalue weighted by Crippen LogP contribution is -2.51. The molecule has 2 atom stereocenters. The van der Waals surface area contributed by atoms with E-state index in [1.807, 2.05) is 6.92 Å². The first-order chi connectivity index (χ1) is 10.9. The Morgan fingerprint density at radius 3 is 2.50 bits per heavy atom. The van der Waals surface area contributed by atoms with E-state index in [2.05, 4.69) is 0 Å². The first kappa shape index (κ1) is 20.9. The molecule has 2 N–H and O–H groups in total. The Labute approximate surface area is 149 Å². The molecule has 24 heavy (non-hydrogen) atoms. The highest BCUT2D eigenvalue weighted by Crippen LogP contribution is 2.28. The summed E-state index contributed by atoms with van der Waals surface area (Å²) in [6.45, 7) is 4.82. The second-order valence-corrected chi connectivity index (χ2v) is 7.67. The molecular formula is C16H25ClN2O4S. The van der Waals surface area contributed by atoms with Crippen molar-refractivity contribution in [3.8, 4) is 0 Å². The molecular weight excluding hydrogens is 352 g/mol. The number of benzene rings is 1. The van der Waals surface area contributed by atoms with Crippen LogP contribution in [0.4, 0.5) is 0 Å². The fourth-order valence-electron chi connectivity index (χ4n) is 2.97. The minimum absolute atomic E-state index is 0. The van der Waals surface area contributed by atoms with E-state index in [4.69, 9.17) is 10.5 Å². The molecule has 2 unspecified atom stereocenters. The van der Waals surface area contributed by atoms with E-state index in [1.165, 1.54) is 28.6 Å². The van der Waals surface area contributed by atoms with Crippen LogP contribution in [0.3, 0.4) is 0 Å². The number of carbonyl (C=O) groups is 1. The fraction of sp³-hybridized carbons (Fsp3) is 0.562. The molecule has 0 aliphatic carbocycles. The highest BCUT2D eigenvalue weighted by atomic mass is 35.5. The van der Waals surface area contributed by atoms with Crippen LogP contribution in [0.15, 0.2) is 29.2 Å². The highest BCUT2D eigenvalue weighted by Gasteiger charge is 2.36. The maximum absolute atomic E-state index is 12.9. The zero-order chi connectivity index (χ0) is 17.0. The Balaban J connectivity index is 0.00000288. The lowest BCUT2D eigenvalue weighted by Gasteiger charge is -2.38. The molecule has 8 heteroatoms. The zero-order valence-electron chi connectivity index (χ0n) is 14.0. The van der Waals surface area contributed by atoms with E-state index in [-0.39, 0.29) is 35.9 Å². The molecule has 0 bridgehead atoms. The van der Waals surface area contributed by atoms with E-state index in [1.54, 1.807) is 6.92 Å². The van der Waals surface area contributed by atoms with Crippen LogP contribution in [0.1, 0.15) is 37.0 Å². The molecule has 0 radical (unpaired) electrons. The van der Waals surface area contributed by atoms with Crippen molar-refractivity contribution < 1.29 is 17.9 Å². The van der Waals surface area contributed by atoms with Crippen molar-refractivity contribution in [2.75, 3.05) is 19.7 Å². The van der Waals surface area contributed by atoms with Gasteiger partial charge < -0.3 is 10.5 Å². The van der Waals surface area contributed by atoms with Gasteiger partial charge in [-0.05, 0) is 49.9 Å². The molecule has 136 valence electrons. The van der Waals surface area contributed by atoms with Gasteiger partial charge in [-0.2, -0.15) is 4.31 Å². The predicted molar refractivity (Wildman–Crippen MR) is 94.8 cm³/mol. The van der Waals surface area contributed by atoms with Crippen LogP contribution in [-0.2, 0) is 14.8 Å². The summed E-state index contributed by atoms with van der Waals surface area (Å²) in [6.07, 6.45) is 1.81. The average molecular weight is 377 g/mol. The molecule has 0 spiro atoms. The molecule has 1 aromatic rings. The number of hydrogen-bond acceptors (Lipinski definition) is 5. The number of piperidine rings is 1. The van der Waals surface area contributed by atoms with Crippen molar-refractivity contribution in [2.24, 2.45) is 11.7 Å². The fourth-order valence-corrected chi connectivity index (χ4v) is 4.74. The third kappa shape index (κ3) is 4.27. The smallest absolute Gasteiger partial charge is 0.338 e. The molecule has 0 amide bonds. The van der Waals surface area contributed by atoms with Gasteiger partial charge in [-0.1, -0.05) is 6.92 Å². The quantitative estimate of drug-likeness (QED) is 0.794. The molecule has 1 aliphatic rings. The minimum atomic E-state index is -3.61. The number of sulfonamides is 1. The molecule has 1 aliphatic heterocycles. The second kappa shape index (κ2) is 8.80. The van der Waals surface area contributed by atoms with E-state index in [0.717, 1.165) is 12.8 Å². The SMILES string of the molecule is CCOC(=O)c1ccc(S(=O)(=O)N2CCCC(C)C2CN)cc1.Cl. The van der Waals surface area contributed by atoms with Gasteiger partial charge >= 0.3 is 5.97 Å². The number of rotatable bonds is 5. The van der Waals surface area contributed by atoms with Gasteiger partial charge in [0.2, 0.25) is 10.0 Å². The first-order valence-electron chi connectivity index (χ1n) is 7.91. The zero-order valence-corrected chi connectivity index (χ0v) is 15.6. The van der Waals surface area contributed by atoms with Crippen molar-refractivity contribution in [1.82, 2.24) is 4.31 Å². The Morgan fingerprint density at radius 1 is 1.33 bits per heavy atom. The number of carbonyl (C=O) groups excluding carboxylic acids is 1. The minimum Gasteiger partial charge on any atom is -0.462 e. The van der Waals surface area contributed by atoms with Gasteiger partial charge in [0.05, 0.1) is 17.1 Å². The van der Waals surface area contributed by atoms with E-state index < -0.39 is 16.0 Å². The maximum Gasteiger partial charge on any atom is 0.338 e. The molecule has 1 heterocycles. The molecule has 0 aromatic heterocycles. The monoisotopic (exact) mass is 376 g/mol. The molecule has 6 nitrogen and oxygen atoms in total. The third-order valence-electron chi connectivity index (χ3n) is 4.28. The molecule has 2 rings (SSSR count). The van der Waals surface area contributed by atoms with Crippen molar-refractivity contribution in [1.29, 1.82) is 0 Å². The van der Waals surface area contributed by atoms with Crippen LogP contribution in [0.2, 0.25) is 0 Å². The van der Waals surface area contributed by atoms with Crippen molar-refractivity contribution in [2.45, 2.75) is 37.6 Å². The number of hydrogen-bond donors (Lipinski definition) is 1. The van der Waals surface area contributed by atoms with E-state index >= 15 is 0 Å². The highest BCUT2D eigenvalue weighted by molar-refractivity contribution is 7.89. The summed E-state index contributed by atoms with van der Waals surface area (Å²) in [5.74, 6) is -0.217. The molecule has 1 saturated heterocycles. The summed E-state index contributed by atoms with van der Waals surface area (Å²) < 4.78 is 32.1. The average Bonchev–Trinajstić information content (AvgIpc) is 2.55. The van der Waals surface area contributed by atoms with E-state index in [9.17, 15) is 13.2 Å². The lowest BCUT2D eigenvalue weighted by atomic mass is 9.93. The van der Waals surface area contributed by atoms with Gasteiger partial charge in [-0.15, -0.1) is 12.4 Å². The number of esters is 1. The topological polar surface area (TPSA) is 89.7 Å². The summed E-state index contributed by atoms with van der Waals surface area (Å²) >= 11 is 0. The number of nitrogens with two attached hydrogens (primary N) is 1. The van der Waals surface area contributed by atoms with Gasteiger partial charge in [-0.25, -0.2) is 13.2 Å². The van der Waals surface area contributed by atoms with E-state index in [0.29, 0.717) is 18.7 Å². The van der Waals surface area contributed by atoms with Crippen LogP contribution in [-0.4, -0.2) is 44.4 Å². The van der Waals surface area contributed by atoms with Crippen LogP contribution >= 0.6 is 12.4 Å². The van der Waals surface area contributed by atoms with Crippen molar-refractivity contribution in [3.05, 3.63) is 29.8 Å². The Hall–Kier alpha value is -1.15. The largest absolute Gasteiger partial charge is 0.462 e. The predicted octanol–water partition coefficient (Wildman–Crippen LogP) is 2.03. The summed E-state index contributed by atoms with van der Waals surface area (Å²) in [4.78, 5) is 11.8. The lowest BCUT2D eigenvalue weighted by molar-refractivity contribution is 0.0526. The van der Waals surface area contributed by atoms with Crippen molar-refractivity contribution >= 4 is 28.4 Å². The molecule has 1 fully saturated rings. The standard InChI is InChI=1S/C16H24N2O4S.ClH/c1-3-22-16(19)13-6-8-14(9-7-13)23(20,21)18-10-4-5-12(2)15(18)11-17;/h6-9,12,15H,3-5,10-11,17H2,1-2H3;1H.